The number of nitrogens with zero attached hydrogens (tertiary/aromatic N) is 1. The first-order chi connectivity index (χ1) is 18.0. The Balaban J connectivity index is 1.63. The molecule has 0 bridgehead atoms. The minimum absolute atomic E-state index is 0.0555. The summed E-state index contributed by atoms with van der Waals surface area (Å²) in [5.74, 6) is -0.268. The molecule has 0 aliphatic carbocycles. The van der Waals surface area contributed by atoms with Crippen molar-refractivity contribution in [2.75, 3.05) is 37.3 Å². The Bertz CT molecular complexity index is 1580. The van der Waals surface area contributed by atoms with Crippen LogP contribution in [0.5, 0.6) is 11.5 Å². The van der Waals surface area contributed by atoms with Gasteiger partial charge in [-0.05, 0) is 54.6 Å². The van der Waals surface area contributed by atoms with Gasteiger partial charge in [0, 0.05) is 29.9 Å². The molecule has 13 heteroatoms. The highest BCUT2D eigenvalue weighted by molar-refractivity contribution is 7.92. The lowest BCUT2D eigenvalue weighted by molar-refractivity contribution is 0.102. The lowest BCUT2D eigenvalue weighted by Crippen LogP contribution is -2.28. The molecule has 3 aromatic carbocycles. The summed E-state index contributed by atoms with van der Waals surface area (Å²) in [5, 5.41) is 3.03. The number of carbonyl (C=O) groups excluding carboxylic acids is 1. The van der Waals surface area contributed by atoms with Crippen LogP contribution in [0.15, 0.2) is 82.6 Å². The van der Waals surface area contributed by atoms with Crippen LogP contribution in [-0.4, -0.2) is 54.4 Å². The summed E-state index contributed by atoms with van der Waals surface area (Å²) in [7, 11) is -5.00. The van der Waals surface area contributed by atoms with Crippen molar-refractivity contribution in [3.8, 4) is 11.5 Å². The molecule has 200 valence electrons. The molecular formula is C25H24ClN3O7S2. The minimum Gasteiger partial charge on any atom is -0.493 e. The number of carbonyl (C=O) groups is 1. The maximum atomic E-state index is 13.3. The average molecular weight is 578 g/mol. The van der Waals surface area contributed by atoms with Crippen LogP contribution in [0.25, 0.3) is 0 Å². The second-order valence-electron chi connectivity index (χ2n) is 8.08. The number of sulfonamides is 2. The number of anilines is 2. The van der Waals surface area contributed by atoms with E-state index >= 15 is 0 Å². The molecule has 0 atom stereocenters. The highest BCUT2D eigenvalue weighted by Crippen LogP contribution is 2.35. The van der Waals surface area contributed by atoms with Crippen LogP contribution >= 0.6 is 11.6 Å². The van der Waals surface area contributed by atoms with Crippen molar-refractivity contribution < 1.29 is 31.1 Å². The second kappa shape index (κ2) is 11.0. The van der Waals surface area contributed by atoms with Crippen molar-refractivity contribution in [2.45, 2.75) is 9.79 Å². The molecule has 1 heterocycles. The van der Waals surface area contributed by atoms with Crippen LogP contribution in [0.3, 0.4) is 0 Å². The third kappa shape index (κ3) is 5.78. The van der Waals surface area contributed by atoms with Crippen molar-refractivity contribution in [3.63, 3.8) is 0 Å². The normalized spacial score (nSPS) is 13.8. The van der Waals surface area contributed by atoms with Gasteiger partial charge in [-0.2, -0.15) is 4.31 Å². The van der Waals surface area contributed by atoms with Gasteiger partial charge in [0.1, 0.15) is 0 Å². The fourth-order valence-corrected chi connectivity index (χ4v) is 6.22. The molecular weight excluding hydrogens is 554 g/mol. The van der Waals surface area contributed by atoms with E-state index in [1.807, 2.05) is 0 Å². The molecule has 3 aromatic rings. The van der Waals surface area contributed by atoms with Crippen molar-refractivity contribution in [1.29, 1.82) is 0 Å². The first-order valence-corrected chi connectivity index (χ1v) is 14.5. The van der Waals surface area contributed by atoms with Crippen LogP contribution in [0.1, 0.15) is 10.4 Å². The first kappa shape index (κ1) is 27.5. The smallest absolute Gasteiger partial charge is 0.261 e. The van der Waals surface area contributed by atoms with Gasteiger partial charge in [0.05, 0.1) is 35.3 Å². The van der Waals surface area contributed by atoms with E-state index in [9.17, 15) is 21.6 Å². The van der Waals surface area contributed by atoms with Gasteiger partial charge in [0.2, 0.25) is 10.0 Å². The van der Waals surface area contributed by atoms with Crippen LogP contribution in [-0.2, 0) is 20.0 Å². The van der Waals surface area contributed by atoms with Gasteiger partial charge in [0.15, 0.2) is 11.5 Å². The topological polar surface area (TPSA) is 131 Å². The molecule has 0 spiro atoms. The summed E-state index contributed by atoms with van der Waals surface area (Å²) in [6.07, 6.45) is 3.54. The predicted octanol–water partition coefficient (Wildman–Crippen LogP) is 3.97. The molecule has 0 saturated carbocycles. The number of hydrogen-bond acceptors (Lipinski definition) is 7. The highest BCUT2D eigenvalue weighted by atomic mass is 35.5. The quantitative estimate of drug-likeness (QED) is 0.368. The number of rotatable bonds is 9. The predicted molar refractivity (Wildman–Crippen MR) is 144 cm³/mol. The molecule has 0 fully saturated rings. The third-order valence-corrected chi connectivity index (χ3v) is 9.15. The molecule has 10 nitrogen and oxygen atoms in total. The van der Waals surface area contributed by atoms with Gasteiger partial charge in [-0.25, -0.2) is 16.8 Å². The monoisotopic (exact) mass is 577 g/mol. The molecule has 0 aromatic heterocycles. The molecule has 0 unspecified atom stereocenters. The first-order valence-electron chi connectivity index (χ1n) is 11.2. The largest absolute Gasteiger partial charge is 0.493 e. The summed E-state index contributed by atoms with van der Waals surface area (Å²) in [5.41, 5.74) is 0.186. The number of ether oxygens (including phenoxy) is 2. The van der Waals surface area contributed by atoms with E-state index in [0.717, 1.165) is 0 Å². The molecule has 0 saturated heterocycles. The Morgan fingerprint density at radius 3 is 1.97 bits per heavy atom. The summed E-state index contributed by atoms with van der Waals surface area (Å²) < 4.78 is 65.8. The fourth-order valence-electron chi connectivity index (χ4n) is 3.68. The van der Waals surface area contributed by atoms with Crippen molar-refractivity contribution in [2.24, 2.45) is 0 Å². The fraction of sp³-hybridized carbons (Fsp3) is 0.160. The number of nitrogens with one attached hydrogen (secondary N) is 2. The van der Waals surface area contributed by atoms with Crippen LogP contribution < -0.4 is 19.5 Å². The van der Waals surface area contributed by atoms with E-state index in [0.29, 0.717) is 23.8 Å². The Kier molecular flexibility index (Phi) is 7.97. The summed E-state index contributed by atoms with van der Waals surface area (Å²) >= 11 is 5.87. The maximum Gasteiger partial charge on any atom is 0.261 e. The van der Waals surface area contributed by atoms with E-state index in [-0.39, 0.29) is 32.5 Å². The molecule has 1 aliphatic rings. The number of halogens is 1. The Morgan fingerprint density at radius 2 is 1.39 bits per heavy atom. The minimum atomic E-state index is -4.10. The summed E-state index contributed by atoms with van der Waals surface area (Å²) in [6, 6.07) is 13.9. The zero-order valence-electron chi connectivity index (χ0n) is 20.3. The zero-order chi connectivity index (χ0) is 27.5. The Labute approximate surface area is 225 Å². The van der Waals surface area contributed by atoms with Crippen molar-refractivity contribution >= 4 is 48.9 Å². The number of benzene rings is 3. The zero-order valence-corrected chi connectivity index (χ0v) is 22.7. The molecule has 2 N–H and O–H groups in total. The number of hydrogen-bond donors (Lipinski definition) is 2. The lowest BCUT2D eigenvalue weighted by Gasteiger charge is -2.17. The van der Waals surface area contributed by atoms with Gasteiger partial charge in [-0.3, -0.25) is 9.52 Å². The Hall–Kier alpha value is -3.58. The lowest BCUT2D eigenvalue weighted by atomic mass is 10.1. The van der Waals surface area contributed by atoms with E-state index < -0.39 is 26.0 Å². The average Bonchev–Trinajstić information content (AvgIpc) is 3.45. The molecule has 0 radical (unpaired) electrons. The van der Waals surface area contributed by atoms with Gasteiger partial charge < -0.3 is 14.8 Å². The van der Waals surface area contributed by atoms with Gasteiger partial charge in [-0.1, -0.05) is 23.8 Å². The molecule has 38 heavy (non-hydrogen) atoms. The van der Waals surface area contributed by atoms with E-state index in [2.05, 4.69) is 10.0 Å². The molecule has 1 aliphatic heterocycles. The third-order valence-electron chi connectivity index (χ3n) is 5.67. The van der Waals surface area contributed by atoms with Gasteiger partial charge in [0.25, 0.3) is 15.9 Å². The number of amides is 1. The number of methoxy groups -OCH3 is 2. The van der Waals surface area contributed by atoms with Gasteiger partial charge in [-0.15, -0.1) is 0 Å². The summed E-state index contributed by atoms with van der Waals surface area (Å²) in [4.78, 5) is 13.3. The van der Waals surface area contributed by atoms with E-state index in [1.54, 1.807) is 12.2 Å². The standard InChI is InChI=1S/C25H24ClN3O7S2/c1-35-23-15-21(22(16-24(23)36-2)28-37(31,32)19-9-5-17(26)6-10-19)25(30)27-18-7-11-20(12-8-18)38(33,34)29-13-3-4-14-29/h3-12,15-16,28H,13-14H2,1-2H3,(H,27,30). The van der Waals surface area contributed by atoms with Crippen LogP contribution in [0, 0.1) is 0 Å². The molecule has 4 rings (SSSR count). The second-order valence-corrected chi connectivity index (χ2v) is 12.1. The SMILES string of the molecule is COc1cc(NS(=O)(=O)c2ccc(Cl)cc2)c(C(=O)Nc2ccc(S(=O)(=O)N3CC=CC3)cc2)cc1OC. The highest BCUT2D eigenvalue weighted by Gasteiger charge is 2.25. The van der Waals surface area contributed by atoms with E-state index in [1.165, 1.54) is 79.2 Å². The van der Waals surface area contributed by atoms with Gasteiger partial charge >= 0.3 is 0 Å². The molecule has 1 amide bonds. The summed E-state index contributed by atoms with van der Waals surface area (Å²) in [6.45, 7) is 0.601. The van der Waals surface area contributed by atoms with E-state index in [4.69, 9.17) is 21.1 Å². The van der Waals surface area contributed by atoms with Crippen LogP contribution in [0.4, 0.5) is 11.4 Å². The maximum absolute atomic E-state index is 13.3. The van der Waals surface area contributed by atoms with Crippen molar-refractivity contribution in [3.05, 3.63) is 83.4 Å². The van der Waals surface area contributed by atoms with Crippen molar-refractivity contribution in [1.82, 2.24) is 4.31 Å². The Morgan fingerprint density at radius 1 is 0.842 bits per heavy atom. The van der Waals surface area contributed by atoms with Crippen LogP contribution in [0.2, 0.25) is 5.02 Å².